The number of ether oxygens (including phenoxy) is 1. The second-order valence-corrected chi connectivity index (χ2v) is 10.1. The van der Waals surface area contributed by atoms with Crippen LogP contribution in [0, 0.1) is 0 Å². The lowest BCUT2D eigenvalue weighted by atomic mass is 9.99. The molecule has 3 amide bonds. The highest BCUT2D eigenvalue weighted by molar-refractivity contribution is 8.01. The molecule has 0 aliphatic carbocycles. The number of anilines is 2. The van der Waals surface area contributed by atoms with E-state index in [1.807, 2.05) is 54.6 Å². The largest absolute Gasteiger partial charge is 0.457 e. The number of aliphatic hydroxyl groups excluding tert-OH is 1. The van der Waals surface area contributed by atoms with Gasteiger partial charge < -0.3 is 25.8 Å². The molecular formula is C26H25N5O4S. The number of aliphatic hydroxyl groups is 1. The van der Waals surface area contributed by atoms with Crippen molar-refractivity contribution in [1.82, 2.24) is 20.9 Å². The Labute approximate surface area is 212 Å². The number of amides is 3. The molecule has 0 bridgehead atoms. The van der Waals surface area contributed by atoms with Crippen LogP contribution in [0.5, 0.6) is 11.5 Å². The third kappa shape index (κ3) is 4.17. The summed E-state index contributed by atoms with van der Waals surface area (Å²) in [6, 6.07) is 17.4. The van der Waals surface area contributed by atoms with Gasteiger partial charge in [-0.1, -0.05) is 30.0 Å². The van der Waals surface area contributed by atoms with Gasteiger partial charge >= 0.3 is 6.03 Å². The Hall–Kier alpha value is -3.60. The SMILES string of the molecule is O=C(N[C@@H]1CNCC[C@H]1O)C1Sc2nccc3c2C1NC(=O)N3c1ccc(Oc2ccccc2)cc1. The number of thioether (sulfide) groups is 1. The first-order valence-electron chi connectivity index (χ1n) is 11.9. The van der Waals surface area contributed by atoms with Gasteiger partial charge in [-0.3, -0.25) is 9.69 Å². The third-order valence-corrected chi connectivity index (χ3v) is 7.90. The van der Waals surface area contributed by atoms with E-state index in [-0.39, 0.29) is 18.0 Å². The van der Waals surface area contributed by atoms with Crippen molar-refractivity contribution in [3.63, 3.8) is 0 Å². The van der Waals surface area contributed by atoms with Crippen LogP contribution in [-0.2, 0) is 4.79 Å². The van der Waals surface area contributed by atoms with Crippen molar-refractivity contribution >= 4 is 35.1 Å². The van der Waals surface area contributed by atoms with Crippen LogP contribution in [0.15, 0.2) is 71.9 Å². The number of nitrogens with zero attached hydrogens (tertiary/aromatic N) is 2. The summed E-state index contributed by atoms with van der Waals surface area (Å²) in [7, 11) is 0. The van der Waals surface area contributed by atoms with Crippen molar-refractivity contribution in [2.45, 2.75) is 34.9 Å². The molecule has 0 radical (unpaired) electrons. The molecule has 3 aliphatic heterocycles. The molecule has 0 saturated carbocycles. The quantitative estimate of drug-likeness (QED) is 0.423. The Morgan fingerprint density at radius 2 is 1.89 bits per heavy atom. The van der Waals surface area contributed by atoms with Crippen molar-refractivity contribution < 1.29 is 19.4 Å². The average molecular weight is 504 g/mol. The van der Waals surface area contributed by atoms with E-state index >= 15 is 0 Å². The fraction of sp³-hybridized carbons (Fsp3) is 0.269. The first-order valence-corrected chi connectivity index (χ1v) is 12.7. The minimum atomic E-state index is -0.594. The van der Waals surface area contributed by atoms with Crippen LogP contribution in [0.25, 0.3) is 0 Å². The molecule has 10 heteroatoms. The number of pyridine rings is 1. The molecule has 3 aliphatic rings. The van der Waals surface area contributed by atoms with E-state index in [0.29, 0.717) is 35.1 Å². The van der Waals surface area contributed by atoms with E-state index in [1.165, 1.54) is 11.8 Å². The lowest BCUT2D eigenvalue weighted by Crippen LogP contribution is -2.56. The Kier molecular flexibility index (Phi) is 6.00. The Bertz CT molecular complexity index is 1290. The van der Waals surface area contributed by atoms with Gasteiger partial charge in [0.25, 0.3) is 0 Å². The minimum absolute atomic E-state index is 0.224. The number of carbonyl (C=O) groups excluding carboxylic acids is 2. The smallest absolute Gasteiger partial charge is 0.327 e. The maximum Gasteiger partial charge on any atom is 0.327 e. The zero-order chi connectivity index (χ0) is 24.6. The zero-order valence-electron chi connectivity index (χ0n) is 19.3. The summed E-state index contributed by atoms with van der Waals surface area (Å²) in [5, 5.41) is 19.6. The molecule has 1 saturated heterocycles. The molecule has 6 rings (SSSR count). The van der Waals surface area contributed by atoms with Gasteiger partial charge in [-0.15, -0.1) is 0 Å². The summed E-state index contributed by atoms with van der Waals surface area (Å²) in [4.78, 5) is 32.6. The van der Waals surface area contributed by atoms with Crippen molar-refractivity contribution in [1.29, 1.82) is 0 Å². The number of aromatic nitrogens is 1. The molecule has 2 unspecified atom stereocenters. The van der Waals surface area contributed by atoms with E-state index in [4.69, 9.17) is 4.74 Å². The maximum atomic E-state index is 13.3. The molecule has 9 nitrogen and oxygen atoms in total. The predicted octanol–water partition coefficient (Wildman–Crippen LogP) is 3.09. The number of piperidine rings is 1. The summed E-state index contributed by atoms with van der Waals surface area (Å²) in [5.74, 6) is 1.17. The van der Waals surface area contributed by atoms with E-state index < -0.39 is 17.4 Å². The minimum Gasteiger partial charge on any atom is -0.457 e. The molecule has 4 N–H and O–H groups in total. The highest BCUT2D eigenvalue weighted by Gasteiger charge is 2.47. The summed E-state index contributed by atoms with van der Waals surface area (Å²) in [5.41, 5.74) is 2.20. The molecular weight excluding hydrogens is 478 g/mol. The number of benzene rings is 2. The highest BCUT2D eigenvalue weighted by Crippen LogP contribution is 2.50. The number of nitrogens with one attached hydrogen (secondary N) is 3. The van der Waals surface area contributed by atoms with Crippen LogP contribution in [0.4, 0.5) is 16.2 Å². The fourth-order valence-electron chi connectivity index (χ4n) is 4.83. The monoisotopic (exact) mass is 503 g/mol. The number of para-hydroxylation sites is 1. The molecule has 4 heterocycles. The molecule has 2 aromatic carbocycles. The van der Waals surface area contributed by atoms with Crippen LogP contribution in [-0.4, -0.2) is 52.5 Å². The zero-order valence-corrected chi connectivity index (χ0v) is 20.1. The molecule has 184 valence electrons. The summed E-state index contributed by atoms with van der Waals surface area (Å²) < 4.78 is 5.87. The first-order chi connectivity index (χ1) is 17.6. The second kappa shape index (κ2) is 9.45. The normalized spacial score (nSPS) is 24.6. The molecule has 3 aromatic rings. The van der Waals surface area contributed by atoms with Crippen molar-refractivity contribution in [2.24, 2.45) is 0 Å². The predicted molar refractivity (Wildman–Crippen MR) is 136 cm³/mol. The summed E-state index contributed by atoms with van der Waals surface area (Å²) in [6.07, 6.45) is 1.65. The van der Waals surface area contributed by atoms with E-state index in [0.717, 1.165) is 17.9 Å². The van der Waals surface area contributed by atoms with Crippen LogP contribution >= 0.6 is 11.8 Å². The number of hydrogen-bond donors (Lipinski definition) is 4. The lowest BCUT2D eigenvalue weighted by molar-refractivity contribution is -0.122. The number of rotatable bonds is 5. The van der Waals surface area contributed by atoms with Gasteiger partial charge in [0, 0.05) is 18.3 Å². The fourth-order valence-corrected chi connectivity index (χ4v) is 6.06. The molecule has 0 spiro atoms. The number of hydrogen-bond acceptors (Lipinski definition) is 7. The van der Waals surface area contributed by atoms with E-state index in [9.17, 15) is 14.7 Å². The topological polar surface area (TPSA) is 116 Å². The highest BCUT2D eigenvalue weighted by atomic mass is 32.2. The van der Waals surface area contributed by atoms with Crippen LogP contribution in [0.2, 0.25) is 0 Å². The van der Waals surface area contributed by atoms with Crippen LogP contribution in [0.1, 0.15) is 18.0 Å². The van der Waals surface area contributed by atoms with Crippen molar-refractivity contribution in [3.05, 3.63) is 72.4 Å². The Morgan fingerprint density at radius 1 is 1.11 bits per heavy atom. The van der Waals surface area contributed by atoms with Crippen LogP contribution in [0.3, 0.4) is 0 Å². The van der Waals surface area contributed by atoms with Gasteiger partial charge in [0.2, 0.25) is 5.91 Å². The van der Waals surface area contributed by atoms with E-state index in [2.05, 4.69) is 20.9 Å². The average Bonchev–Trinajstić information content (AvgIpc) is 3.26. The van der Waals surface area contributed by atoms with Gasteiger partial charge in [0.05, 0.1) is 29.6 Å². The standard InChI is InChI=1S/C26H25N5O4S/c32-20-11-12-27-14-18(20)29-24(33)23-22-21-19(10-13-28-25(21)36-23)31(26(34)30-22)15-6-8-17(9-7-15)35-16-4-2-1-3-5-16/h1-10,13,18,20,22-23,27,32H,11-12,14H2,(H,29,33)(H,30,34)/t18-,20-,22?,23?/m1/s1. The van der Waals surface area contributed by atoms with Gasteiger partial charge in [-0.25, -0.2) is 9.78 Å². The molecule has 1 fully saturated rings. The molecule has 1 aromatic heterocycles. The van der Waals surface area contributed by atoms with Gasteiger partial charge in [0.1, 0.15) is 21.8 Å². The van der Waals surface area contributed by atoms with Gasteiger partial charge in [-0.2, -0.15) is 0 Å². The first kappa shape index (κ1) is 22.8. The molecule has 36 heavy (non-hydrogen) atoms. The van der Waals surface area contributed by atoms with Crippen molar-refractivity contribution in [2.75, 3.05) is 18.0 Å². The Balaban J connectivity index is 1.24. The lowest BCUT2D eigenvalue weighted by Gasteiger charge is -2.35. The van der Waals surface area contributed by atoms with Crippen molar-refractivity contribution in [3.8, 4) is 11.5 Å². The molecule has 4 atom stereocenters. The Morgan fingerprint density at radius 3 is 2.67 bits per heavy atom. The van der Waals surface area contributed by atoms with E-state index in [1.54, 1.807) is 17.2 Å². The summed E-state index contributed by atoms with van der Waals surface area (Å²) in [6.45, 7) is 1.23. The second-order valence-electron chi connectivity index (χ2n) is 8.93. The summed E-state index contributed by atoms with van der Waals surface area (Å²) >= 11 is 1.34. The number of carbonyl (C=O) groups is 2. The van der Waals surface area contributed by atoms with Crippen LogP contribution < -0.4 is 25.6 Å². The third-order valence-electron chi connectivity index (χ3n) is 6.61. The maximum absolute atomic E-state index is 13.3. The van der Waals surface area contributed by atoms with Gasteiger partial charge in [0.15, 0.2) is 0 Å². The van der Waals surface area contributed by atoms with Gasteiger partial charge in [-0.05, 0) is 55.4 Å². The number of urea groups is 1.